The molecule has 2 aromatic rings. The number of benzene rings is 2. The largest absolute Gasteiger partial charge is 0.399 e. The third-order valence-electron chi connectivity index (χ3n) is 10.6. The average Bonchev–Trinajstić information content (AvgIpc) is 3.37. The molecule has 5 heterocycles. The summed E-state index contributed by atoms with van der Waals surface area (Å²) in [5.41, 5.74) is 10.4. The minimum absolute atomic E-state index is 0.00472. The van der Waals surface area contributed by atoms with Crippen molar-refractivity contribution < 1.29 is 18.8 Å². The van der Waals surface area contributed by atoms with Crippen LogP contribution in [0.4, 0.5) is 21.5 Å². The van der Waals surface area contributed by atoms with E-state index in [2.05, 4.69) is 43.1 Å². The number of halogens is 1. The second-order valence-electron chi connectivity index (χ2n) is 13.4. The van der Waals surface area contributed by atoms with Crippen molar-refractivity contribution in [2.75, 3.05) is 74.4 Å². The number of piperidine rings is 3. The van der Waals surface area contributed by atoms with Gasteiger partial charge in [-0.2, -0.15) is 0 Å². The average molecular weight is 618 g/mol. The SMILES string of the molecule is Nc1ccc(N2CCN([C@@H]3CCN(CC4CCN(c5ccc6c(c5)C(=O)N(C5CCC(=O)NC5=O)C6)CC4)C[C@@H]3F)CC2)cc1. The molecule has 3 atom stereocenters. The summed E-state index contributed by atoms with van der Waals surface area (Å²) in [5, 5.41) is 2.37. The molecule has 45 heavy (non-hydrogen) atoms. The van der Waals surface area contributed by atoms with Crippen molar-refractivity contribution >= 4 is 34.8 Å². The number of nitrogen functional groups attached to an aromatic ring is 1. The second-order valence-corrected chi connectivity index (χ2v) is 13.4. The van der Waals surface area contributed by atoms with Crippen LogP contribution in [0.15, 0.2) is 42.5 Å². The number of nitrogens with two attached hydrogens (primary N) is 1. The van der Waals surface area contributed by atoms with Crippen LogP contribution < -0.4 is 20.9 Å². The van der Waals surface area contributed by atoms with Crippen LogP contribution in [-0.2, 0) is 16.1 Å². The number of nitrogens with one attached hydrogen (secondary N) is 1. The van der Waals surface area contributed by atoms with Crippen molar-refractivity contribution in [1.29, 1.82) is 0 Å². The molecule has 3 N–H and O–H groups in total. The fraction of sp³-hybridized carbons (Fsp3) is 0.559. The van der Waals surface area contributed by atoms with Gasteiger partial charge in [-0.3, -0.25) is 24.6 Å². The Morgan fingerprint density at radius 2 is 1.53 bits per heavy atom. The highest BCUT2D eigenvalue weighted by Crippen LogP contribution is 2.33. The number of carbonyl (C=O) groups is 3. The number of fused-ring (bicyclic) bond motifs is 1. The van der Waals surface area contributed by atoms with E-state index in [1.807, 2.05) is 24.3 Å². The van der Waals surface area contributed by atoms with Gasteiger partial charge in [0.1, 0.15) is 12.2 Å². The lowest BCUT2D eigenvalue weighted by Gasteiger charge is -2.45. The number of alkyl halides is 1. The molecule has 4 fully saturated rings. The molecular formula is C34H44FN7O3. The number of carbonyl (C=O) groups excluding carboxylic acids is 3. The molecule has 0 radical (unpaired) electrons. The molecule has 4 saturated heterocycles. The van der Waals surface area contributed by atoms with E-state index >= 15 is 4.39 Å². The maximum atomic E-state index is 15.5. The Hall–Kier alpha value is -3.70. The second kappa shape index (κ2) is 12.6. The van der Waals surface area contributed by atoms with Crippen LogP contribution in [-0.4, -0.2) is 110 Å². The van der Waals surface area contributed by atoms with Gasteiger partial charge in [0, 0.05) is 94.0 Å². The normalized spacial score (nSPS) is 27.2. The number of rotatable bonds is 6. The van der Waals surface area contributed by atoms with Gasteiger partial charge in [0.2, 0.25) is 11.8 Å². The van der Waals surface area contributed by atoms with E-state index < -0.39 is 12.2 Å². The Balaban J connectivity index is 0.868. The van der Waals surface area contributed by atoms with E-state index in [0.717, 1.165) is 88.6 Å². The van der Waals surface area contributed by atoms with Gasteiger partial charge < -0.3 is 25.3 Å². The fourth-order valence-corrected chi connectivity index (χ4v) is 8.01. The minimum Gasteiger partial charge on any atom is -0.399 e. The Morgan fingerprint density at radius 3 is 2.24 bits per heavy atom. The first-order valence-electron chi connectivity index (χ1n) is 16.6. The molecular weight excluding hydrogens is 573 g/mol. The maximum absolute atomic E-state index is 15.5. The number of hydrogen-bond acceptors (Lipinski definition) is 8. The highest BCUT2D eigenvalue weighted by Gasteiger charge is 2.40. The van der Waals surface area contributed by atoms with Gasteiger partial charge in [0.25, 0.3) is 5.91 Å². The third-order valence-corrected chi connectivity index (χ3v) is 10.6. The van der Waals surface area contributed by atoms with Crippen molar-refractivity contribution in [3.8, 4) is 0 Å². The summed E-state index contributed by atoms with van der Waals surface area (Å²) in [7, 11) is 0. The van der Waals surface area contributed by atoms with Gasteiger partial charge in [-0.1, -0.05) is 6.07 Å². The monoisotopic (exact) mass is 617 g/mol. The number of likely N-dealkylation sites (tertiary alicyclic amines) is 1. The Labute approximate surface area is 264 Å². The summed E-state index contributed by atoms with van der Waals surface area (Å²) >= 11 is 0. The zero-order valence-corrected chi connectivity index (χ0v) is 25.9. The lowest BCUT2D eigenvalue weighted by Crippen LogP contribution is -2.58. The first-order chi connectivity index (χ1) is 21.8. The van der Waals surface area contributed by atoms with Crippen molar-refractivity contribution in [3.05, 3.63) is 53.6 Å². The van der Waals surface area contributed by atoms with Crippen molar-refractivity contribution in [2.24, 2.45) is 5.92 Å². The fourth-order valence-electron chi connectivity index (χ4n) is 8.01. The van der Waals surface area contributed by atoms with Crippen molar-refractivity contribution in [2.45, 2.75) is 56.9 Å². The Morgan fingerprint density at radius 1 is 0.822 bits per heavy atom. The van der Waals surface area contributed by atoms with Gasteiger partial charge in [-0.05, 0) is 80.1 Å². The Kier molecular flexibility index (Phi) is 8.39. The number of anilines is 3. The van der Waals surface area contributed by atoms with E-state index in [0.29, 0.717) is 31.0 Å². The molecule has 3 amide bonds. The minimum atomic E-state index is -0.828. The molecule has 0 aliphatic carbocycles. The van der Waals surface area contributed by atoms with Crippen LogP contribution in [0.25, 0.3) is 0 Å². The van der Waals surface area contributed by atoms with Crippen molar-refractivity contribution in [1.82, 2.24) is 20.0 Å². The molecule has 0 bridgehead atoms. The summed E-state index contributed by atoms with van der Waals surface area (Å²) in [5.74, 6) is -0.261. The number of piperazine rings is 1. The van der Waals surface area contributed by atoms with Crippen LogP contribution in [0.5, 0.6) is 0 Å². The van der Waals surface area contributed by atoms with Crippen LogP contribution in [0, 0.1) is 5.92 Å². The van der Waals surface area contributed by atoms with Gasteiger partial charge in [-0.15, -0.1) is 0 Å². The molecule has 0 aromatic heterocycles. The predicted molar refractivity (Wildman–Crippen MR) is 172 cm³/mol. The number of nitrogens with zero attached hydrogens (tertiary/aromatic N) is 5. The van der Waals surface area contributed by atoms with Gasteiger partial charge in [0.05, 0.1) is 0 Å². The summed E-state index contributed by atoms with van der Waals surface area (Å²) in [6.45, 7) is 8.20. The molecule has 0 spiro atoms. The van der Waals surface area contributed by atoms with Crippen molar-refractivity contribution in [3.63, 3.8) is 0 Å². The van der Waals surface area contributed by atoms with E-state index in [4.69, 9.17) is 5.73 Å². The van der Waals surface area contributed by atoms with E-state index in [1.54, 1.807) is 4.90 Å². The van der Waals surface area contributed by atoms with E-state index in [1.165, 1.54) is 5.69 Å². The topological polar surface area (TPSA) is 105 Å². The number of amides is 3. The maximum Gasteiger partial charge on any atom is 0.255 e. The van der Waals surface area contributed by atoms with Crippen LogP contribution >= 0.6 is 0 Å². The number of imide groups is 1. The summed E-state index contributed by atoms with van der Waals surface area (Å²) < 4.78 is 15.5. The predicted octanol–water partition coefficient (Wildman–Crippen LogP) is 2.48. The van der Waals surface area contributed by atoms with Crippen LogP contribution in [0.3, 0.4) is 0 Å². The van der Waals surface area contributed by atoms with Gasteiger partial charge >= 0.3 is 0 Å². The van der Waals surface area contributed by atoms with Gasteiger partial charge in [0.15, 0.2) is 0 Å². The van der Waals surface area contributed by atoms with E-state index in [-0.39, 0.29) is 30.2 Å². The highest BCUT2D eigenvalue weighted by atomic mass is 19.1. The summed E-state index contributed by atoms with van der Waals surface area (Å²) in [6.07, 6.45) is 2.75. The van der Waals surface area contributed by atoms with Crippen LogP contribution in [0.2, 0.25) is 0 Å². The standard InChI is InChI=1S/C34H44FN7O3/c35-29-22-38(12-11-30(29)41-17-15-40(16-18-41)26-5-2-25(36)3-6-26)20-23-9-13-39(14-10-23)27-4-1-24-21-42(34(45)28(24)19-27)31-7-8-32(43)37-33(31)44/h1-6,19,23,29-31H,7-18,20-22,36H2,(H,37,43,44)/t29-,30+,31?/m0/s1. The summed E-state index contributed by atoms with van der Waals surface area (Å²) in [4.78, 5) is 48.2. The van der Waals surface area contributed by atoms with Crippen LogP contribution in [0.1, 0.15) is 48.0 Å². The molecule has 0 saturated carbocycles. The molecule has 2 aromatic carbocycles. The third kappa shape index (κ3) is 6.24. The lowest BCUT2D eigenvalue weighted by molar-refractivity contribution is -0.136. The highest BCUT2D eigenvalue weighted by molar-refractivity contribution is 6.05. The summed E-state index contributed by atoms with van der Waals surface area (Å²) in [6, 6.07) is 13.5. The van der Waals surface area contributed by atoms with E-state index in [9.17, 15) is 14.4 Å². The zero-order valence-electron chi connectivity index (χ0n) is 25.9. The smallest absolute Gasteiger partial charge is 0.255 e. The lowest BCUT2D eigenvalue weighted by atomic mass is 9.93. The molecule has 5 aliphatic heterocycles. The molecule has 7 rings (SSSR count). The molecule has 1 unspecified atom stereocenters. The first-order valence-corrected chi connectivity index (χ1v) is 16.6. The molecule has 10 nitrogen and oxygen atoms in total. The first kappa shape index (κ1) is 30.0. The molecule has 11 heteroatoms. The quantitative estimate of drug-likeness (QED) is 0.377. The Bertz CT molecular complexity index is 1420. The zero-order chi connectivity index (χ0) is 31.1. The number of hydrogen-bond donors (Lipinski definition) is 2. The molecule has 5 aliphatic rings. The molecule has 240 valence electrons. The van der Waals surface area contributed by atoms with Gasteiger partial charge in [-0.25, -0.2) is 4.39 Å².